The van der Waals surface area contributed by atoms with Gasteiger partial charge >= 0.3 is 0 Å². The van der Waals surface area contributed by atoms with Crippen molar-refractivity contribution in [2.24, 2.45) is 0 Å². The number of ether oxygens (including phenoxy) is 1. The first-order chi connectivity index (χ1) is 9.54. The average Bonchev–Trinajstić information content (AvgIpc) is 2.46. The third-order valence-electron chi connectivity index (χ3n) is 3.91. The number of rotatable bonds is 3. The third kappa shape index (κ3) is 2.93. The van der Waals surface area contributed by atoms with Crippen LogP contribution >= 0.6 is 0 Å². The zero-order valence-corrected chi connectivity index (χ0v) is 11.8. The SMILES string of the molecule is COc1ccc(C(=O)N(C)C2CCCCC2O)cc1F. The van der Waals surface area contributed by atoms with Crippen LogP contribution in [0, 0.1) is 5.82 Å². The molecule has 0 heterocycles. The van der Waals surface area contributed by atoms with Crippen molar-refractivity contribution in [1.82, 2.24) is 4.90 Å². The zero-order chi connectivity index (χ0) is 14.7. The Morgan fingerprint density at radius 3 is 2.70 bits per heavy atom. The number of amides is 1. The molecule has 0 saturated heterocycles. The largest absolute Gasteiger partial charge is 0.494 e. The van der Waals surface area contributed by atoms with Gasteiger partial charge in [0.1, 0.15) is 0 Å². The van der Waals surface area contributed by atoms with Gasteiger partial charge in [-0.2, -0.15) is 0 Å². The summed E-state index contributed by atoms with van der Waals surface area (Å²) < 4.78 is 18.5. The maximum Gasteiger partial charge on any atom is 0.254 e. The Kier molecular flexibility index (Phi) is 4.60. The normalized spacial score (nSPS) is 22.4. The molecule has 1 saturated carbocycles. The van der Waals surface area contributed by atoms with Gasteiger partial charge in [-0.1, -0.05) is 12.8 Å². The van der Waals surface area contributed by atoms with E-state index in [0.29, 0.717) is 6.42 Å². The van der Waals surface area contributed by atoms with Crippen LogP contribution < -0.4 is 4.74 Å². The molecule has 0 spiro atoms. The van der Waals surface area contributed by atoms with Crippen LogP contribution in [0.5, 0.6) is 5.75 Å². The van der Waals surface area contributed by atoms with Gasteiger partial charge in [-0.15, -0.1) is 0 Å². The fraction of sp³-hybridized carbons (Fsp3) is 0.533. The maximum absolute atomic E-state index is 13.6. The van der Waals surface area contributed by atoms with E-state index in [1.165, 1.54) is 30.2 Å². The summed E-state index contributed by atoms with van der Waals surface area (Å²) in [5.74, 6) is -0.727. The Labute approximate surface area is 118 Å². The summed E-state index contributed by atoms with van der Waals surface area (Å²) in [6, 6.07) is 3.96. The van der Waals surface area contributed by atoms with E-state index >= 15 is 0 Å². The van der Waals surface area contributed by atoms with Crippen molar-refractivity contribution in [2.45, 2.75) is 37.8 Å². The highest BCUT2D eigenvalue weighted by Crippen LogP contribution is 2.24. The number of methoxy groups -OCH3 is 1. The Morgan fingerprint density at radius 1 is 1.40 bits per heavy atom. The van der Waals surface area contributed by atoms with E-state index in [4.69, 9.17) is 4.74 Å². The van der Waals surface area contributed by atoms with Crippen molar-refractivity contribution < 1.29 is 19.0 Å². The minimum absolute atomic E-state index is 0.113. The topological polar surface area (TPSA) is 49.8 Å². The lowest BCUT2D eigenvalue weighted by Gasteiger charge is -2.35. The third-order valence-corrected chi connectivity index (χ3v) is 3.91. The van der Waals surface area contributed by atoms with Crippen molar-refractivity contribution in [2.75, 3.05) is 14.2 Å². The van der Waals surface area contributed by atoms with Gasteiger partial charge in [-0.25, -0.2) is 4.39 Å². The first kappa shape index (κ1) is 14.8. The lowest BCUT2D eigenvalue weighted by Crippen LogP contribution is -2.46. The highest BCUT2D eigenvalue weighted by atomic mass is 19.1. The predicted octanol–water partition coefficient (Wildman–Crippen LogP) is 2.21. The first-order valence-electron chi connectivity index (χ1n) is 6.83. The van der Waals surface area contributed by atoms with Crippen molar-refractivity contribution in [3.8, 4) is 5.75 Å². The van der Waals surface area contributed by atoms with E-state index in [1.807, 2.05) is 0 Å². The molecule has 4 nitrogen and oxygen atoms in total. The van der Waals surface area contributed by atoms with Crippen LogP contribution in [0.25, 0.3) is 0 Å². The van der Waals surface area contributed by atoms with Gasteiger partial charge in [0.05, 0.1) is 19.3 Å². The molecular weight excluding hydrogens is 261 g/mol. The van der Waals surface area contributed by atoms with Crippen LogP contribution in [0.4, 0.5) is 4.39 Å². The van der Waals surface area contributed by atoms with Crippen LogP contribution in [-0.2, 0) is 0 Å². The van der Waals surface area contributed by atoms with Gasteiger partial charge in [0.15, 0.2) is 11.6 Å². The number of aliphatic hydroxyl groups excluding tert-OH is 1. The second-order valence-corrected chi connectivity index (χ2v) is 5.18. The van der Waals surface area contributed by atoms with Crippen LogP contribution in [0.1, 0.15) is 36.0 Å². The summed E-state index contributed by atoms with van der Waals surface area (Å²) in [4.78, 5) is 13.9. The quantitative estimate of drug-likeness (QED) is 0.924. The smallest absolute Gasteiger partial charge is 0.254 e. The van der Waals surface area contributed by atoms with E-state index in [2.05, 4.69) is 0 Å². The summed E-state index contributed by atoms with van der Waals surface area (Å²) >= 11 is 0. The Bertz CT molecular complexity index is 492. The van der Waals surface area contributed by atoms with E-state index in [0.717, 1.165) is 19.3 Å². The van der Waals surface area contributed by atoms with Gasteiger partial charge in [0, 0.05) is 12.6 Å². The zero-order valence-electron chi connectivity index (χ0n) is 11.8. The molecule has 1 aliphatic carbocycles. The minimum atomic E-state index is -0.559. The fourth-order valence-electron chi connectivity index (χ4n) is 2.70. The molecule has 0 aromatic heterocycles. The molecule has 110 valence electrons. The second-order valence-electron chi connectivity index (χ2n) is 5.18. The molecule has 1 amide bonds. The Hall–Kier alpha value is -1.62. The van der Waals surface area contributed by atoms with Crippen LogP contribution in [0.15, 0.2) is 18.2 Å². The van der Waals surface area contributed by atoms with Crippen molar-refractivity contribution in [3.05, 3.63) is 29.6 Å². The van der Waals surface area contributed by atoms with Crippen LogP contribution in [0.3, 0.4) is 0 Å². The second kappa shape index (κ2) is 6.22. The molecule has 20 heavy (non-hydrogen) atoms. The minimum Gasteiger partial charge on any atom is -0.494 e. The predicted molar refractivity (Wildman–Crippen MR) is 73.3 cm³/mol. The summed E-state index contributed by atoms with van der Waals surface area (Å²) in [5.41, 5.74) is 0.267. The highest BCUT2D eigenvalue weighted by molar-refractivity contribution is 5.94. The molecular formula is C15H20FNO3. The van der Waals surface area contributed by atoms with E-state index in [1.54, 1.807) is 7.05 Å². The summed E-state index contributed by atoms with van der Waals surface area (Å²) in [6.07, 6.45) is 2.97. The number of halogens is 1. The lowest BCUT2D eigenvalue weighted by atomic mass is 9.91. The number of nitrogens with zero attached hydrogens (tertiary/aromatic N) is 1. The van der Waals surface area contributed by atoms with Crippen molar-refractivity contribution >= 4 is 5.91 Å². The molecule has 0 bridgehead atoms. The maximum atomic E-state index is 13.6. The average molecular weight is 281 g/mol. The molecule has 1 fully saturated rings. The van der Waals surface area contributed by atoms with Crippen molar-refractivity contribution in [3.63, 3.8) is 0 Å². The molecule has 1 aromatic rings. The number of hydrogen-bond donors (Lipinski definition) is 1. The first-order valence-corrected chi connectivity index (χ1v) is 6.83. The molecule has 2 rings (SSSR count). The monoisotopic (exact) mass is 281 g/mol. The van der Waals surface area contributed by atoms with Crippen LogP contribution in [-0.4, -0.2) is 42.2 Å². The molecule has 1 aromatic carbocycles. The number of aliphatic hydroxyl groups is 1. The number of hydrogen-bond acceptors (Lipinski definition) is 3. The van der Waals surface area contributed by atoms with E-state index in [9.17, 15) is 14.3 Å². The van der Waals surface area contributed by atoms with Crippen molar-refractivity contribution in [1.29, 1.82) is 0 Å². The molecule has 2 unspecified atom stereocenters. The standard InChI is InChI=1S/C15H20FNO3/c1-17(12-5-3-4-6-13(12)18)15(19)10-7-8-14(20-2)11(16)9-10/h7-9,12-13,18H,3-6H2,1-2H3. The van der Waals surface area contributed by atoms with E-state index in [-0.39, 0.29) is 23.3 Å². The lowest BCUT2D eigenvalue weighted by molar-refractivity contribution is 0.0267. The van der Waals surface area contributed by atoms with Crippen LogP contribution in [0.2, 0.25) is 0 Å². The molecule has 1 N–H and O–H groups in total. The molecule has 0 aliphatic heterocycles. The molecule has 0 radical (unpaired) electrons. The summed E-state index contributed by atoms with van der Waals surface area (Å²) in [5, 5.41) is 9.98. The Morgan fingerprint density at radius 2 is 2.10 bits per heavy atom. The highest BCUT2D eigenvalue weighted by Gasteiger charge is 2.30. The van der Waals surface area contributed by atoms with Gasteiger partial charge in [-0.3, -0.25) is 4.79 Å². The fourth-order valence-corrected chi connectivity index (χ4v) is 2.70. The number of likely N-dealkylation sites (N-methyl/N-ethyl adjacent to an activating group) is 1. The van der Waals surface area contributed by atoms with E-state index < -0.39 is 11.9 Å². The number of benzene rings is 1. The number of carbonyl (C=O) groups is 1. The van der Waals surface area contributed by atoms with Gasteiger partial charge in [0.25, 0.3) is 5.91 Å². The van der Waals surface area contributed by atoms with Gasteiger partial charge in [-0.05, 0) is 31.0 Å². The summed E-state index contributed by atoms with van der Waals surface area (Å²) in [7, 11) is 3.04. The molecule has 5 heteroatoms. The summed E-state index contributed by atoms with van der Waals surface area (Å²) in [6.45, 7) is 0. The van der Waals surface area contributed by atoms with Gasteiger partial charge < -0.3 is 14.7 Å². The Balaban J connectivity index is 2.15. The van der Waals surface area contributed by atoms with Gasteiger partial charge in [0.2, 0.25) is 0 Å². The molecule has 2 atom stereocenters. The number of carbonyl (C=O) groups excluding carboxylic acids is 1. The molecule has 1 aliphatic rings.